The summed E-state index contributed by atoms with van der Waals surface area (Å²) in [7, 11) is 0. The maximum Gasteiger partial charge on any atom is 0.407 e. The first-order valence-corrected chi connectivity index (χ1v) is 8.34. The van der Waals surface area contributed by atoms with Crippen LogP contribution in [-0.2, 0) is 4.79 Å². The molecule has 0 spiro atoms. The largest absolute Gasteiger partial charge is 0.475 e. The van der Waals surface area contributed by atoms with Gasteiger partial charge in [0, 0.05) is 30.8 Å². The van der Waals surface area contributed by atoms with Gasteiger partial charge in [0.2, 0.25) is 11.8 Å². The number of nitrogens with one attached hydrogen (secondary N) is 1. The molecule has 1 aromatic heterocycles. The third kappa shape index (κ3) is 3.77. The molecular weight excluding hydrogens is 310 g/mol. The van der Waals surface area contributed by atoms with E-state index >= 15 is 0 Å². The highest BCUT2D eigenvalue weighted by atomic mass is 16.5. The van der Waals surface area contributed by atoms with Crippen molar-refractivity contribution in [3.8, 4) is 5.88 Å². The van der Waals surface area contributed by atoms with Gasteiger partial charge in [0.15, 0.2) is 0 Å². The van der Waals surface area contributed by atoms with E-state index in [1.165, 1.54) is 4.90 Å². The van der Waals surface area contributed by atoms with E-state index in [4.69, 9.17) is 9.84 Å². The first-order chi connectivity index (χ1) is 11.5. The fourth-order valence-electron chi connectivity index (χ4n) is 3.15. The predicted octanol–water partition coefficient (Wildman–Crippen LogP) is 1.95. The van der Waals surface area contributed by atoms with Crippen LogP contribution >= 0.6 is 0 Å². The Kier molecular flexibility index (Phi) is 4.59. The van der Waals surface area contributed by atoms with E-state index in [0.29, 0.717) is 19.0 Å². The van der Waals surface area contributed by atoms with Crippen LogP contribution in [0.5, 0.6) is 5.88 Å². The van der Waals surface area contributed by atoms with Crippen LogP contribution in [-0.4, -0.2) is 51.7 Å². The molecule has 7 heteroatoms. The van der Waals surface area contributed by atoms with Crippen molar-refractivity contribution in [1.82, 2.24) is 15.2 Å². The molecule has 3 rings (SSSR count). The van der Waals surface area contributed by atoms with E-state index in [1.54, 1.807) is 6.20 Å². The Bertz CT molecular complexity index is 630. The van der Waals surface area contributed by atoms with Crippen LogP contribution in [0.25, 0.3) is 0 Å². The van der Waals surface area contributed by atoms with Crippen LogP contribution in [0.3, 0.4) is 0 Å². The second-order valence-corrected chi connectivity index (χ2v) is 6.72. The summed E-state index contributed by atoms with van der Waals surface area (Å²) in [6.45, 7) is 2.84. The number of aromatic nitrogens is 1. The number of amides is 2. The van der Waals surface area contributed by atoms with E-state index in [-0.39, 0.29) is 23.9 Å². The maximum absolute atomic E-state index is 12.3. The Morgan fingerprint density at radius 3 is 2.96 bits per heavy atom. The lowest BCUT2D eigenvalue weighted by molar-refractivity contribution is -0.123. The molecule has 1 saturated carbocycles. The van der Waals surface area contributed by atoms with Gasteiger partial charge in [0.25, 0.3) is 0 Å². The number of rotatable bonds is 6. The van der Waals surface area contributed by atoms with Crippen molar-refractivity contribution < 1.29 is 19.4 Å². The first kappa shape index (κ1) is 16.5. The van der Waals surface area contributed by atoms with E-state index < -0.39 is 6.09 Å². The molecule has 2 fully saturated rings. The SMILES string of the molecule is Cc1cccnc1OCC1(NC(=O)C[C@@H]2CCCN2C(=O)O)CC1. The first-order valence-electron chi connectivity index (χ1n) is 8.34. The maximum atomic E-state index is 12.3. The molecule has 1 aliphatic carbocycles. The molecule has 0 aromatic carbocycles. The lowest BCUT2D eigenvalue weighted by atomic mass is 10.1. The number of carbonyl (C=O) groups excluding carboxylic acids is 1. The third-order valence-electron chi connectivity index (χ3n) is 4.75. The smallest absolute Gasteiger partial charge is 0.407 e. The summed E-state index contributed by atoms with van der Waals surface area (Å²) in [4.78, 5) is 29.0. The number of aryl methyl sites for hydroxylation is 1. The second kappa shape index (κ2) is 6.67. The summed E-state index contributed by atoms with van der Waals surface area (Å²) in [5.74, 6) is 0.484. The zero-order chi connectivity index (χ0) is 17.2. The third-order valence-corrected chi connectivity index (χ3v) is 4.75. The topological polar surface area (TPSA) is 91.8 Å². The van der Waals surface area contributed by atoms with E-state index in [9.17, 15) is 9.59 Å². The molecule has 1 aromatic rings. The van der Waals surface area contributed by atoms with Gasteiger partial charge in [-0.1, -0.05) is 6.07 Å². The van der Waals surface area contributed by atoms with Crippen LogP contribution in [0.4, 0.5) is 4.79 Å². The zero-order valence-electron chi connectivity index (χ0n) is 13.8. The molecule has 1 saturated heterocycles. The number of carbonyl (C=O) groups is 2. The number of hydrogen-bond acceptors (Lipinski definition) is 4. The fourth-order valence-corrected chi connectivity index (χ4v) is 3.15. The minimum Gasteiger partial charge on any atom is -0.475 e. The predicted molar refractivity (Wildman–Crippen MR) is 86.9 cm³/mol. The highest BCUT2D eigenvalue weighted by Crippen LogP contribution is 2.36. The molecule has 0 bridgehead atoms. The molecule has 0 unspecified atom stereocenters. The van der Waals surface area contributed by atoms with E-state index in [1.807, 2.05) is 19.1 Å². The van der Waals surface area contributed by atoms with Crippen molar-refractivity contribution in [2.75, 3.05) is 13.2 Å². The van der Waals surface area contributed by atoms with Gasteiger partial charge in [-0.2, -0.15) is 0 Å². The summed E-state index contributed by atoms with van der Waals surface area (Å²) in [6, 6.07) is 3.57. The highest BCUT2D eigenvalue weighted by Gasteiger charge is 2.45. The minimum atomic E-state index is -0.944. The Labute approximate surface area is 141 Å². The number of ether oxygens (including phenoxy) is 1. The Balaban J connectivity index is 1.51. The quantitative estimate of drug-likeness (QED) is 0.830. The Hall–Kier alpha value is -2.31. The number of likely N-dealkylation sites (tertiary alicyclic amines) is 1. The average molecular weight is 333 g/mol. The monoisotopic (exact) mass is 333 g/mol. The van der Waals surface area contributed by atoms with Crippen LogP contribution in [0, 0.1) is 6.92 Å². The van der Waals surface area contributed by atoms with Crippen LogP contribution in [0.1, 0.15) is 37.7 Å². The summed E-state index contributed by atoms with van der Waals surface area (Å²) in [5, 5.41) is 12.2. The Morgan fingerprint density at radius 1 is 1.50 bits per heavy atom. The molecule has 0 radical (unpaired) electrons. The summed E-state index contributed by atoms with van der Waals surface area (Å²) in [5.41, 5.74) is 0.635. The molecule has 24 heavy (non-hydrogen) atoms. The van der Waals surface area contributed by atoms with E-state index in [2.05, 4.69) is 10.3 Å². The number of hydrogen-bond donors (Lipinski definition) is 2. The molecule has 2 N–H and O–H groups in total. The normalized spacial score (nSPS) is 21.4. The minimum absolute atomic E-state index is 0.105. The van der Waals surface area contributed by atoms with E-state index in [0.717, 1.165) is 31.2 Å². The zero-order valence-corrected chi connectivity index (χ0v) is 13.8. The summed E-state index contributed by atoms with van der Waals surface area (Å²) < 4.78 is 5.76. The van der Waals surface area contributed by atoms with Gasteiger partial charge >= 0.3 is 6.09 Å². The molecule has 7 nitrogen and oxygen atoms in total. The lowest BCUT2D eigenvalue weighted by Gasteiger charge is -2.23. The van der Waals surface area contributed by atoms with Gasteiger partial charge in [-0.05, 0) is 38.7 Å². The molecule has 130 valence electrons. The van der Waals surface area contributed by atoms with Gasteiger partial charge in [-0.15, -0.1) is 0 Å². The van der Waals surface area contributed by atoms with Crippen molar-refractivity contribution in [2.24, 2.45) is 0 Å². The van der Waals surface area contributed by atoms with Gasteiger partial charge < -0.3 is 20.1 Å². The number of nitrogens with zero attached hydrogens (tertiary/aromatic N) is 2. The fraction of sp³-hybridized carbons (Fsp3) is 0.588. The number of pyridine rings is 1. The summed E-state index contributed by atoms with van der Waals surface area (Å²) in [6.07, 6.45) is 4.27. The highest BCUT2D eigenvalue weighted by molar-refractivity contribution is 5.79. The van der Waals surface area contributed by atoms with Crippen molar-refractivity contribution in [3.05, 3.63) is 23.9 Å². The van der Waals surface area contributed by atoms with Crippen molar-refractivity contribution >= 4 is 12.0 Å². The molecule has 1 atom stereocenters. The van der Waals surface area contributed by atoms with Crippen molar-refractivity contribution in [2.45, 2.75) is 50.6 Å². The molecule has 2 amide bonds. The molecular formula is C17H23N3O4. The number of carboxylic acid groups (broad SMARTS) is 1. The average Bonchev–Trinajstić information content (AvgIpc) is 3.13. The molecule has 1 aliphatic heterocycles. The van der Waals surface area contributed by atoms with Gasteiger partial charge in [-0.25, -0.2) is 9.78 Å². The van der Waals surface area contributed by atoms with Gasteiger partial charge in [0.1, 0.15) is 6.61 Å². The van der Waals surface area contributed by atoms with Crippen LogP contribution < -0.4 is 10.1 Å². The van der Waals surface area contributed by atoms with Crippen molar-refractivity contribution in [3.63, 3.8) is 0 Å². The standard InChI is InChI=1S/C17H23N3O4/c1-12-4-2-8-18-15(12)24-11-17(6-7-17)19-14(21)10-13-5-3-9-20(13)16(22)23/h2,4,8,13H,3,5-7,9-11H2,1H3,(H,19,21)(H,22,23)/t13-/m0/s1. The second-order valence-electron chi connectivity index (χ2n) is 6.72. The van der Waals surface area contributed by atoms with Gasteiger partial charge in [-0.3, -0.25) is 4.79 Å². The molecule has 2 aliphatic rings. The molecule has 2 heterocycles. The van der Waals surface area contributed by atoms with Crippen LogP contribution in [0.2, 0.25) is 0 Å². The van der Waals surface area contributed by atoms with Crippen molar-refractivity contribution in [1.29, 1.82) is 0 Å². The lowest BCUT2D eigenvalue weighted by Crippen LogP contribution is -2.44. The summed E-state index contributed by atoms with van der Waals surface area (Å²) >= 11 is 0. The van der Waals surface area contributed by atoms with Crippen LogP contribution in [0.15, 0.2) is 18.3 Å². The van der Waals surface area contributed by atoms with Gasteiger partial charge in [0.05, 0.1) is 5.54 Å². The Morgan fingerprint density at radius 2 is 2.29 bits per heavy atom.